The standard InChI is InChI=1S/C66H45N3S/c1-5-18-46(19-6-1)48-32-35-54(36-33-48)69-63-30-15-13-28-59(63)60-38-34-50(43-64(60)69)49-22-17-27-55(40-49)67(52-23-9-3-10-24-52)57-41-51(47-20-7-2-8-21-47)42-58(44-57)68(53-25-11-4-12-26-53)56-37-39-62-61-29-14-16-31-65(61)70-66(62)45-56/h1-45H. The van der Waals surface area contributed by atoms with E-state index in [9.17, 15) is 0 Å². The second-order valence-electron chi connectivity index (χ2n) is 17.8. The van der Waals surface area contributed by atoms with Crippen LogP contribution < -0.4 is 9.80 Å². The number of benzene rings is 11. The van der Waals surface area contributed by atoms with Gasteiger partial charge in [-0.3, -0.25) is 0 Å². The highest BCUT2D eigenvalue weighted by molar-refractivity contribution is 7.25. The van der Waals surface area contributed by atoms with E-state index >= 15 is 0 Å². The minimum absolute atomic E-state index is 1.05. The van der Waals surface area contributed by atoms with Crippen LogP contribution in [0.4, 0.5) is 34.1 Å². The number of aromatic nitrogens is 1. The molecular formula is C66H45N3S. The Morgan fingerprint density at radius 1 is 0.243 bits per heavy atom. The molecule has 0 radical (unpaired) electrons. The quantitative estimate of drug-likeness (QED) is 0.135. The van der Waals surface area contributed by atoms with Crippen LogP contribution >= 0.6 is 11.3 Å². The van der Waals surface area contributed by atoms with Gasteiger partial charge >= 0.3 is 0 Å². The van der Waals surface area contributed by atoms with Crippen LogP contribution in [0.5, 0.6) is 0 Å². The molecule has 70 heavy (non-hydrogen) atoms. The molecule has 0 N–H and O–H groups in total. The largest absolute Gasteiger partial charge is 0.310 e. The lowest BCUT2D eigenvalue weighted by Crippen LogP contribution is -2.13. The minimum Gasteiger partial charge on any atom is -0.310 e. The Morgan fingerprint density at radius 2 is 0.700 bits per heavy atom. The average Bonchev–Trinajstić information content (AvgIpc) is 3.97. The minimum atomic E-state index is 1.05. The zero-order valence-corrected chi connectivity index (χ0v) is 39.0. The van der Waals surface area contributed by atoms with E-state index in [0.29, 0.717) is 0 Å². The van der Waals surface area contributed by atoms with Gasteiger partial charge in [0, 0.05) is 70.8 Å². The van der Waals surface area contributed by atoms with E-state index in [2.05, 4.69) is 287 Å². The van der Waals surface area contributed by atoms with Crippen LogP contribution in [0.1, 0.15) is 0 Å². The van der Waals surface area contributed by atoms with Crippen molar-refractivity contribution in [1.29, 1.82) is 0 Å². The first-order chi connectivity index (χ1) is 34.7. The molecule has 0 saturated carbocycles. The molecule has 13 rings (SSSR count). The molecule has 0 amide bonds. The molecule has 0 unspecified atom stereocenters. The first-order valence-electron chi connectivity index (χ1n) is 23.8. The number of para-hydroxylation sites is 3. The third-order valence-electron chi connectivity index (χ3n) is 13.5. The van der Waals surface area contributed by atoms with Gasteiger partial charge in [-0.25, -0.2) is 0 Å². The van der Waals surface area contributed by atoms with Gasteiger partial charge in [-0.05, 0) is 130 Å². The van der Waals surface area contributed by atoms with Gasteiger partial charge in [0.25, 0.3) is 0 Å². The summed E-state index contributed by atoms with van der Waals surface area (Å²) in [7, 11) is 0. The van der Waals surface area contributed by atoms with E-state index in [-0.39, 0.29) is 0 Å². The number of fused-ring (bicyclic) bond motifs is 6. The van der Waals surface area contributed by atoms with Crippen LogP contribution in [0.15, 0.2) is 273 Å². The van der Waals surface area contributed by atoms with Crippen molar-refractivity contribution in [2.75, 3.05) is 9.80 Å². The van der Waals surface area contributed by atoms with Crippen molar-refractivity contribution in [2.45, 2.75) is 0 Å². The molecule has 13 aromatic rings. The molecule has 330 valence electrons. The molecule has 0 atom stereocenters. The topological polar surface area (TPSA) is 11.4 Å². The van der Waals surface area contributed by atoms with E-state index < -0.39 is 0 Å². The van der Waals surface area contributed by atoms with E-state index in [4.69, 9.17) is 0 Å². The highest BCUT2D eigenvalue weighted by atomic mass is 32.1. The molecule has 2 aromatic heterocycles. The molecule has 0 aliphatic carbocycles. The number of hydrogen-bond acceptors (Lipinski definition) is 3. The lowest BCUT2D eigenvalue weighted by molar-refractivity contribution is 1.18. The van der Waals surface area contributed by atoms with E-state index in [1.54, 1.807) is 0 Å². The van der Waals surface area contributed by atoms with Gasteiger partial charge in [-0.1, -0.05) is 176 Å². The molecule has 0 spiro atoms. The van der Waals surface area contributed by atoms with Crippen molar-refractivity contribution in [2.24, 2.45) is 0 Å². The van der Waals surface area contributed by atoms with Crippen LogP contribution in [0.2, 0.25) is 0 Å². The molecule has 3 nitrogen and oxygen atoms in total. The van der Waals surface area contributed by atoms with Crippen LogP contribution in [0, 0.1) is 0 Å². The first kappa shape index (κ1) is 41.2. The maximum Gasteiger partial charge on any atom is 0.0547 e. The van der Waals surface area contributed by atoms with Gasteiger partial charge in [-0.15, -0.1) is 11.3 Å². The molecule has 11 aromatic carbocycles. The van der Waals surface area contributed by atoms with E-state index in [1.807, 2.05) is 11.3 Å². The summed E-state index contributed by atoms with van der Waals surface area (Å²) in [6, 6.07) is 99.2. The number of anilines is 6. The van der Waals surface area contributed by atoms with Gasteiger partial charge in [0.2, 0.25) is 0 Å². The average molecular weight is 912 g/mol. The van der Waals surface area contributed by atoms with Crippen molar-refractivity contribution >= 4 is 87.4 Å². The van der Waals surface area contributed by atoms with Gasteiger partial charge < -0.3 is 14.4 Å². The second-order valence-corrected chi connectivity index (χ2v) is 18.9. The Labute approximate surface area is 411 Å². The van der Waals surface area contributed by atoms with Crippen molar-refractivity contribution in [3.8, 4) is 39.1 Å². The molecule has 4 heteroatoms. The highest BCUT2D eigenvalue weighted by Crippen LogP contribution is 2.46. The van der Waals surface area contributed by atoms with Gasteiger partial charge in [-0.2, -0.15) is 0 Å². The Bertz CT molecular complexity index is 3990. The third-order valence-corrected chi connectivity index (χ3v) is 14.7. The predicted molar refractivity (Wildman–Crippen MR) is 299 cm³/mol. The summed E-state index contributed by atoms with van der Waals surface area (Å²) in [4.78, 5) is 4.81. The van der Waals surface area contributed by atoms with Crippen molar-refractivity contribution < 1.29 is 0 Å². The second kappa shape index (κ2) is 17.6. The lowest BCUT2D eigenvalue weighted by atomic mass is 10.0. The number of hydrogen-bond donors (Lipinski definition) is 0. The maximum atomic E-state index is 2.41. The third kappa shape index (κ3) is 7.48. The first-order valence-corrected chi connectivity index (χ1v) is 24.6. The van der Waals surface area contributed by atoms with E-state index in [1.165, 1.54) is 53.1 Å². The summed E-state index contributed by atoms with van der Waals surface area (Å²) >= 11 is 1.85. The normalized spacial score (nSPS) is 11.4. The Hall–Kier alpha value is -8.96. The number of rotatable bonds is 10. The molecular weight excluding hydrogens is 867 g/mol. The summed E-state index contributed by atoms with van der Waals surface area (Å²) in [6.45, 7) is 0. The zero-order chi connectivity index (χ0) is 46.4. The zero-order valence-electron chi connectivity index (χ0n) is 38.2. The van der Waals surface area contributed by atoms with Crippen molar-refractivity contribution in [3.05, 3.63) is 273 Å². The Morgan fingerprint density at radius 3 is 1.39 bits per heavy atom. The summed E-state index contributed by atoms with van der Waals surface area (Å²) < 4.78 is 4.98. The SMILES string of the molecule is c1ccc(-c2ccc(-n3c4ccccc4c4ccc(-c5cccc(N(c6ccccc6)c6cc(-c7ccccc7)cc(N(c7ccccc7)c7ccc8c(c7)sc7ccccc78)c6)c5)cc43)cc2)cc1. The van der Waals surface area contributed by atoms with Crippen LogP contribution in [0.25, 0.3) is 81.0 Å². The molecule has 0 saturated heterocycles. The predicted octanol–water partition coefficient (Wildman–Crippen LogP) is 19.1. The monoisotopic (exact) mass is 911 g/mol. The Kier molecular flexibility index (Phi) is 10.4. The fourth-order valence-corrected chi connectivity index (χ4v) is 11.4. The van der Waals surface area contributed by atoms with Crippen molar-refractivity contribution in [3.63, 3.8) is 0 Å². The van der Waals surface area contributed by atoms with Gasteiger partial charge in [0.15, 0.2) is 0 Å². The molecule has 2 heterocycles. The fraction of sp³-hybridized carbons (Fsp3) is 0. The van der Waals surface area contributed by atoms with Gasteiger partial charge in [0.1, 0.15) is 0 Å². The molecule has 0 aliphatic heterocycles. The van der Waals surface area contributed by atoms with Crippen LogP contribution in [-0.4, -0.2) is 4.57 Å². The molecule has 0 bridgehead atoms. The number of thiophene rings is 1. The lowest BCUT2D eigenvalue weighted by Gasteiger charge is -2.30. The van der Waals surface area contributed by atoms with Crippen LogP contribution in [0.3, 0.4) is 0 Å². The smallest absolute Gasteiger partial charge is 0.0547 e. The maximum absolute atomic E-state index is 2.41. The molecule has 0 fully saturated rings. The summed E-state index contributed by atoms with van der Waals surface area (Å²) in [6.07, 6.45) is 0. The number of nitrogens with zero attached hydrogens (tertiary/aromatic N) is 3. The summed E-state index contributed by atoms with van der Waals surface area (Å²) in [5.41, 5.74) is 16.9. The summed E-state index contributed by atoms with van der Waals surface area (Å²) in [5, 5.41) is 5.05. The Balaban J connectivity index is 0.967. The van der Waals surface area contributed by atoms with Crippen LogP contribution in [-0.2, 0) is 0 Å². The van der Waals surface area contributed by atoms with Gasteiger partial charge in [0.05, 0.1) is 11.0 Å². The fourth-order valence-electron chi connectivity index (χ4n) is 10.2. The highest BCUT2D eigenvalue weighted by Gasteiger charge is 2.21. The molecule has 0 aliphatic rings. The summed E-state index contributed by atoms with van der Waals surface area (Å²) in [5.74, 6) is 0. The van der Waals surface area contributed by atoms with Crippen molar-refractivity contribution in [1.82, 2.24) is 4.57 Å². The van der Waals surface area contributed by atoms with E-state index in [0.717, 1.165) is 62.1 Å².